The lowest BCUT2D eigenvalue weighted by molar-refractivity contribution is 0.411. The second kappa shape index (κ2) is 4.42. The topological polar surface area (TPSA) is 70.8 Å². The van der Waals surface area contributed by atoms with Crippen molar-refractivity contribution in [1.29, 1.82) is 0 Å². The van der Waals surface area contributed by atoms with Crippen LogP contribution in [0.1, 0.15) is 18.0 Å². The molecule has 1 atom stereocenters. The lowest BCUT2D eigenvalue weighted by Crippen LogP contribution is -2.13. The van der Waals surface area contributed by atoms with E-state index in [2.05, 4.69) is 27.1 Å². The fraction of sp³-hybridized carbons (Fsp3) is 0.385. The number of aromatic amines is 1. The molecule has 0 saturated carbocycles. The quantitative estimate of drug-likeness (QED) is 0.838. The zero-order valence-corrected chi connectivity index (χ0v) is 10.4. The molecule has 0 spiro atoms. The van der Waals surface area contributed by atoms with Gasteiger partial charge in [0.25, 0.3) is 0 Å². The Bertz CT molecular complexity index is 548. The zero-order valence-electron chi connectivity index (χ0n) is 10.4. The van der Waals surface area contributed by atoms with Crippen LogP contribution in [0.25, 0.3) is 11.1 Å². The SMILES string of the molecule is CN1CC[C@H](c2[nH]ncc2-c2ccnc(N)c2)C1. The molecule has 1 saturated heterocycles. The van der Waals surface area contributed by atoms with E-state index in [-0.39, 0.29) is 0 Å². The highest BCUT2D eigenvalue weighted by atomic mass is 15.1. The molecule has 5 nitrogen and oxygen atoms in total. The van der Waals surface area contributed by atoms with Gasteiger partial charge in [-0.2, -0.15) is 5.10 Å². The summed E-state index contributed by atoms with van der Waals surface area (Å²) < 4.78 is 0. The molecule has 2 aromatic heterocycles. The molecular formula is C13H17N5. The van der Waals surface area contributed by atoms with Gasteiger partial charge in [0.15, 0.2) is 0 Å². The second-order valence-corrected chi connectivity index (χ2v) is 4.91. The summed E-state index contributed by atoms with van der Waals surface area (Å²) in [5.74, 6) is 1.07. The van der Waals surface area contributed by atoms with Crippen LogP contribution < -0.4 is 5.73 Å². The van der Waals surface area contributed by atoms with Crippen LogP contribution in [0.5, 0.6) is 0 Å². The summed E-state index contributed by atoms with van der Waals surface area (Å²) in [6.45, 7) is 2.22. The summed E-state index contributed by atoms with van der Waals surface area (Å²) in [5.41, 5.74) is 9.18. The number of hydrogen-bond acceptors (Lipinski definition) is 4. The number of rotatable bonds is 2. The molecule has 1 fully saturated rings. The smallest absolute Gasteiger partial charge is 0.123 e. The number of H-pyrrole nitrogens is 1. The predicted molar refractivity (Wildman–Crippen MR) is 71.1 cm³/mol. The third-order valence-corrected chi connectivity index (χ3v) is 3.56. The molecule has 2 aromatic rings. The van der Waals surface area contributed by atoms with Gasteiger partial charge in [-0.25, -0.2) is 4.98 Å². The number of nitrogens with zero attached hydrogens (tertiary/aromatic N) is 3. The van der Waals surface area contributed by atoms with E-state index in [0.29, 0.717) is 11.7 Å². The van der Waals surface area contributed by atoms with E-state index in [1.165, 1.54) is 12.1 Å². The lowest BCUT2D eigenvalue weighted by Gasteiger charge is -2.11. The molecule has 3 N–H and O–H groups in total. The fourth-order valence-electron chi connectivity index (χ4n) is 2.62. The summed E-state index contributed by atoms with van der Waals surface area (Å²) in [6, 6.07) is 3.87. The molecule has 0 aromatic carbocycles. The van der Waals surface area contributed by atoms with Crippen LogP contribution in [0.4, 0.5) is 5.82 Å². The Morgan fingerprint density at radius 1 is 1.50 bits per heavy atom. The van der Waals surface area contributed by atoms with Gasteiger partial charge in [0.1, 0.15) is 5.82 Å². The predicted octanol–water partition coefficient (Wildman–Crippen LogP) is 1.47. The van der Waals surface area contributed by atoms with E-state index in [0.717, 1.165) is 24.2 Å². The van der Waals surface area contributed by atoms with Gasteiger partial charge in [0.2, 0.25) is 0 Å². The van der Waals surface area contributed by atoms with Crippen molar-refractivity contribution < 1.29 is 0 Å². The minimum absolute atomic E-state index is 0.530. The third-order valence-electron chi connectivity index (χ3n) is 3.56. The summed E-state index contributed by atoms with van der Waals surface area (Å²) in [6.07, 6.45) is 4.79. The molecular weight excluding hydrogens is 226 g/mol. The van der Waals surface area contributed by atoms with Gasteiger partial charge in [0.05, 0.1) is 6.20 Å². The average Bonchev–Trinajstić information content (AvgIpc) is 2.96. The van der Waals surface area contributed by atoms with Crippen LogP contribution in [0, 0.1) is 0 Å². The normalized spacial score (nSPS) is 20.4. The number of hydrogen-bond donors (Lipinski definition) is 2. The summed E-state index contributed by atoms with van der Waals surface area (Å²) in [5, 5.41) is 7.34. The van der Waals surface area contributed by atoms with Crippen molar-refractivity contribution in [3.63, 3.8) is 0 Å². The van der Waals surface area contributed by atoms with E-state index in [4.69, 9.17) is 5.73 Å². The first kappa shape index (κ1) is 11.2. The summed E-state index contributed by atoms with van der Waals surface area (Å²) >= 11 is 0. The molecule has 94 valence electrons. The highest BCUT2D eigenvalue weighted by molar-refractivity contribution is 5.67. The molecule has 1 aliphatic rings. The van der Waals surface area contributed by atoms with Gasteiger partial charge >= 0.3 is 0 Å². The number of nitrogen functional groups attached to an aromatic ring is 1. The third kappa shape index (κ3) is 1.97. The minimum atomic E-state index is 0.530. The maximum atomic E-state index is 5.74. The first-order chi connectivity index (χ1) is 8.74. The van der Waals surface area contributed by atoms with Gasteiger partial charge in [-0.3, -0.25) is 5.10 Å². The second-order valence-electron chi connectivity index (χ2n) is 4.91. The summed E-state index contributed by atoms with van der Waals surface area (Å²) in [4.78, 5) is 6.37. The van der Waals surface area contributed by atoms with Gasteiger partial charge in [-0.1, -0.05) is 0 Å². The molecule has 18 heavy (non-hydrogen) atoms. The molecule has 0 bridgehead atoms. The molecule has 5 heteroatoms. The Morgan fingerprint density at radius 3 is 3.11 bits per heavy atom. The molecule has 0 radical (unpaired) electrons. The van der Waals surface area contributed by atoms with Crippen LogP contribution in [-0.4, -0.2) is 40.2 Å². The molecule has 1 aliphatic heterocycles. The van der Waals surface area contributed by atoms with Gasteiger partial charge in [-0.05, 0) is 37.7 Å². The maximum Gasteiger partial charge on any atom is 0.123 e. The van der Waals surface area contributed by atoms with Crippen molar-refractivity contribution in [3.05, 3.63) is 30.2 Å². The Morgan fingerprint density at radius 2 is 2.39 bits per heavy atom. The lowest BCUT2D eigenvalue weighted by atomic mass is 9.97. The molecule has 0 amide bonds. The molecule has 3 heterocycles. The number of nitrogens with two attached hydrogens (primary N) is 1. The van der Waals surface area contributed by atoms with Crippen molar-refractivity contribution in [3.8, 4) is 11.1 Å². The van der Waals surface area contributed by atoms with Crippen LogP contribution in [-0.2, 0) is 0 Å². The van der Waals surface area contributed by atoms with Crippen molar-refractivity contribution in [2.45, 2.75) is 12.3 Å². The monoisotopic (exact) mass is 243 g/mol. The van der Waals surface area contributed by atoms with Crippen molar-refractivity contribution in [2.75, 3.05) is 25.9 Å². The number of anilines is 1. The van der Waals surface area contributed by atoms with Crippen molar-refractivity contribution in [1.82, 2.24) is 20.1 Å². The van der Waals surface area contributed by atoms with E-state index >= 15 is 0 Å². The van der Waals surface area contributed by atoms with Gasteiger partial charge < -0.3 is 10.6 Å². The largest absolute Gasteiger partial charge is 0.384 e. The Kier molecular flexibility index (Phi) is 2.76. The summed E-state index contributed by atoms with van der Waals surface area (Å²) in [7, 11) is 2.15. The number of aromatic nitrogens is 3. The highest BCUT2D eigenvalue weighted by Gasteiger charge is 2.25. The first-order valence-electron chi connectivity index (χ1n) is 6.18. The van der Waals surface area contributed by atoms with Crippen molar-refractivity contribution in [2.24, 2.45) is 0 Å². The number of likely N-dealkylation sites (N-methyl/N-ethyl adjacent to an activating group) is 1. The zero-order chi connectivity index (χ0) is 12.5. The van der Waals surface area contributed by atoms with Crippen molar-refractivity contribution >= 4 is 5.82 Å². The Hall–Kier alpha value is -1.88. The van der Waals surface area contributed by atoms with E-state index in [1.54, 1.807) is 6.20 Å². The molecule has 0 aliphatic carbocycles. The number of pyridine rings is 1. The van der Waals surface area contributed by atoms with Crippen LogP contribution in [0.2, 0.25) is 0 Å². The number of likely N-dealkylation sites (tertiary alicyclic amines) is 1. The fourth-order valence-corrected chi connectivity index (χ4v) is 2.62. The van der Waals surface area contributed by atoms with E-state index in [1.807, 2.05) is 18.3 Å². The number of nitrogens with one attached hydrogen (secondary N) is 1. The average molecular weight is 243 g/mol. The standard InChI is InChI=1S/C13H17N5/c1-18-5-3-10(8-18)13-11(7-16-17-13)9-2-4-15-12(14)6-9/h2,4,6-7,10H,3,5,8H2,1H3,(H2,14,15)(H,16,17)/t10-/m0/s1. The molecule has 0 unspecified atom stereocenters. The van der Waals surface area contributed by atoms with E-state index < -0.39 is 0 Å². The first-order valence-corrected chi connectivity index (χ1v) is 6.18. The van der Waals surface area contributed by atoms with Gasteiger partial charge in [0, 0.05) is 29.9 Å². The maximum absolute atomic E-state index is 5.74. The van der Waals surface area contributed by atoms with Crippen LogP contribution in [0.3, 0.4) is 0 Å². The van der Waals surface area contributed by atoms with E-state index in [9.17, 15) is 0 Å². The minimum Gasteiger partial charge on any atom is -0.384 e. The highest BCUT2D eigenvalue weighted by Crippen LogP contribution is 2.32. The van der Waals surface area contributed by atoms with Gasteiger partial charge in [-0.15, -0.1) is 0 Å². The molecule has 3 rings (SSSR count). The van der Waals surface area contributed by atoms with Crippen LogP contribution >= 0.6 is 0 Å². The van der Waals surface area contributed by atoms with Crippen LogP contribution in [0.15, 0.2) is 24.5 Å². The Balaban J connectivity index is 1.96. The Labute approximate surface area is 106 Å².